The molecule has 0 atom stereocenters. The van der Waals surface area contributed by atoms with Crippen LogP contribution in [0.25, 0.3) is 83.0 Å². The lowest BCUT2D eigenvalue weighted by Crippen LogP contribution is -1.99. The van der Waals surface area contributed by atoms with Gasteiger partial charge in [-0.3, -0.25) is 4.57 Å². The summed E-state index contributed by atoms with van der Waals surface area (Å²) in [5, 5.41) is -0.629. The van der Waals surface area contributed by atoms with E-state index >= 15 is 0 Å². The Kier molecular flexibility index (Phi) is 3.47. The van der Waals surface area contributed by atoms with Crippen molar-refractivity contribution >= 4 is 32.6 Å². The molecule has 0 amide bonds. The van der Waals surface area contributed by atoms with Crippen molar-refractivity contribution in [3.8, 4) is 50.5 Å². The second-order valence-corrected chi connectivity index (χ2v) is 10.6. The molecule has 8 aromatic carbocycles. The summed E-state index contributed by atoms with van der Waals surface area (Å²) in [4.78, 5) is 4.90. The molecule has 47 heavy (non-hydrogen) atoms. The Hall–Kier alpha value is -6.25. The molecule has 9 aromatic rings. The molecule has 0 unspecified atom stereocenters. The molecule has 0 fully saturated rings. The van der Waals surface area contributed by atoms with Crippen LogP contribution in [0.15, 0.2) is 182 Å². The molecule has 0 aliphatic rings. The maximum Gasteiger partial charge on any atom is 0.146 e. The monoisotopic (exact) mass is 616 g/mol. The molecule has 1 heterocycles. The van der Waals surface area contributed by atoms with E-state index in [4.69, 9.17) is 24.2 Å². The fourth-order valence-electron chi connectivity index (χ4n) is 6.09. The molecule has 0 saturated carbocycles. The van der Waals surface area contributed by atoms with E-state index in [-0.39, 0.29) is 72.0 Å². The Morgan fingerprint density at radius 3 is 1.70 bits per heavy atom. The second-order valence-electron chi connectivity index (χ2n) is 10.6. The van der Waals surface area contributed by atoms with Crippen molar-refractivity contribution in [3.05, 3.63) is 182 Å². The zero-order valence-electron chi connectivity index (χ0n) is 42.3. The number of nitrogens with zero attached hydrogens (tertiary/aromatic N) is 2. The normalized spacial score (nSPS) is 16.8. The summed E-state index contributed by atoms with van der Waals surface area (Å²) in [7, 11) is 0. The molecule has 0 aliphatic carbocycles. The summed E-state index contributed by atoms with van der Waals surface area (Å²) < 4.78 is 160. The number of aromatic nitrogens is 2. The number of rotatable bonds is 5. The summed E-state index contributed by atoms with van der Waals surface area (Å²) in [5.41, 5.74) is 0.844. The highest BCUT2D eigenvalue weighted by molar-refractivity contribution is 6.22. The van der Waals surface area contributed by atoms with Gasteiger partial charge in [-0.25, -0.2) is 4.98 Å². The average Bonchev–Trinajstić information content (AvgIpc) is 3.69. The molecule has 0 N–H and O–H groups in total. The molecular weight excluding hydrogens is 569 g/mol. The average molecular weight is 617 g/mol. The highest BCUT2D eigenvalue weighted by atomic mass is 15.1. The molecule has 0 bridgehead atoms. The van der Waals surface area contributed by atoms with Gasteiger partial charge in [0.15, 0.2) is 0 Å². The summed E-state index contributed by atoms with van der Waals surface area (Å²) in [6.07, 6.45) is 0. The number of para-hydroxylation sites is 3. The minimum absolute atomic E-state index is 0.0405. The standard InChI is InChI=1S/C45H30N2/c1-3-16-31(17-4-1)32-18-15-19-33(30-32)43-35-22-7-9-24-37(35)44(38-25-10-8-23-36(38)43)39-26-11-12-27-40(39)45-46-41-28-13-14-29-42(41)47(45)34-20-5-2-6-21-34/h1-30H/i1D,2D,3D,4D,5D,6D,7D,8D,9D,10D,16D,17D,20D,21D,22D,23D,24D,25D. The lowest BCUT2D eigenvalue weighted by atomic mass is 9.84. The van der Waals surface area contributed by atoms with Crippen LogP contribution >= 0.6 is 0 Å². The van der Waals surface area contributed by atoms with Crippen molar-refractivity contribution in [1.82, 2.24) is 9.55 Å². The SMILES string of the molecule is [2H]c1c([2H])c([2H])c(-c2cccc(-c3c4c([2H])c([2H])c([2H])c([2H])c4c(-c4ccccc4-c4nc5ccccc5n4-c4c([2H])c([2H])c([2H])c([2H])c4[2H])c4c([2H])c([2H])c([2H])c([2H])c34)c2)c([2H])c1[2H]. The predicted octanol–water partition coefficient (Wildman–Crippen LogP) is 12.0. The molecule has 9 rings (SSSR count). The van der Waals surface area contributed by atoms with E-state index in [2.05, 4.69) is 0 Å². The van der Waals surface area contributed by atoms with Gasteiger partial charge in [0.25, 0.3) is 0 Å². The van der Waals surface area contributed by atoms with Crippen LogP contribution in [-0.2, 0) is 0 Å². The van der Waals surface area contributed by atoms with Crippen LogP contribution in [-0.4, -0.2) is 9.55 Å². The van der Waals surface area contributed by atoms with Crippen molar-refractivity contribution in [1.29, 1.82) is 0 Å². The summed E-state index contributed by atoms with van der Waals surface area (Å²) in [6.45, 7) is 0. The third-order valence-electron chi connectivity index (χ3n) is 8.02. The van der Waals surface area contributed by atoms with Crippen molar-refractivity contribution in [3.63, 3.8) is 0 Å². The largest absolute Gasteiger partial charge is 0.292 e. The van der Waals surface area contributed by atoms with Crippen molar-refractivity contribution in [2.45, 2.75) is 0 Å². The van der Waals surface area contributed by atoms with Gasteiger partial charge in [0.1, 0.15) is 5.82 Å². The van der Waals surface area contributed by atoms with Gasteiger partial charge in [-0.05, 0) is 85.2 Å². The van der Waals surface area contributed by atoms with Crippen LogP contribution in [0.2, 0.25) is 0 Å². The van der Waals surface area contributed by atoms with Crippen LogP contribution in [0.3, 0.4) is 0 Å². The minimum Gasteiger partial charge on any atom is -0.292 e. The Bertz CT molecular complexity index is 3460. The molecule has 0 aliphatic heterocycles. The topological polar surface area (TPSA) is 17.8 Å². The van der Waals surface area contributed by atoms with Crippen molar-refractivity contribution in [2.24, 2.45) is 0 Å². The summed E-state index contributed by atoms with van der Waals surface area (Å²) in [6, 6.07) is 8.53. The second kappa shape index (κ2) is 11.3. The van der Waals surface area contributed by atoms with E-state index in [1.165, 1.54) is 28.8 Å². The van der Waals surface area contributed by atoms with E-state index in [1.807, 2.05) is 0 Å². The number of hydrogen-bond donors (Lipinski definition) is 0. The Balaban J connectivity index is 1.49. The van der Waals surface area contributed by atoms with E-state index in [0.29, 0.717) is 11.0 Å². The van der Waals surface area contributed by atoms with Gasteiger partial charge in [0.2, 0.25) is 0 Å². The number of hydrogen-bond acceptors (Lipinski definition) is 1. The molecular formula is C45H30N2. The highest BCUT2D eigenvalue weighted by Crippen LogP contribution is 2.46. The Morgan fingerprint density at radius 2 is 1.00 bits per heavy atom. The van der Waals surface area contributed by atoms with E-state index < -0.39 is 109 Å². The molecule has 2 nitrogen and oxygen atoms in total. The van der Waals surface area contributed by atoms with Gasteiger partial charge < -0.3 is 0 Å². The van der Waals surface area contributed by atoms with Gasteiger partial charge >= 0.3 is 0 Å². The third kappa shape index (κ3) is 4.54. The first-order valence-electron chi connectivity index (χ1n) is 23.6. The van der Waals surface area contributed by atoms with Gasteiger partial charge in [0, 0.05) is 11.3 Å². The predicted molar refractivity (Wildman–Crippen MR) is 198 cm³/mol. The quantitative estimate of drug-likeness (QED) is 0.176. The molecule has 220 valence electrons. The molecule has 0 radical (unpaired) electrons. The summed E-state index contributed by atoms with van der Waals surface area (Å²) >= 11 is 0. The zero-order chi connectivity index (χ0) is 46.8. The molecule has 2 heteroatoms. The van der Waals surface area contributed by atoms with E-state index in [9.17, 15) is 5.48 Å². The van der Waals surface area contributed by atoms with Crippen LogP contribution < -0.4 is 0 Å². The number of imidazole rings is 1. The van der Waals surface area contributed by atoms with Crippen LogP contribution in [0.1, 0.15) is 24.7 Å². The minimum atomic E-state index is -0.661. The maximum atomic E-state index is 9.51. The fourth-order valence-corrected chi connectivity index (χ4v) is 6.09. The highest BCUT2D eigenvalue weighted by Gasteiger charge is 2.22. The molecule has 1 aromatic heterocycles. The van der Waals surface area contributed by atoms with Crippen molar-refractivity contribution < 1.29 is 24.7 Å². The third-order valence-corrected chi connectivity index (χ3v) is 8.02. The Labute approximate surface area is 299 Å². The van der Waals surface area contributed by atoms with Crippen LogP contribution in [0.5, 0.6) is 0 Å². The van der Waals surface area contributed by atoms with Gasteiger partial charge in [-0.15, -0.1) is 0 Å². The van der Waals surface area contributed by atoms with Gasteiger partial charge in [0.05, 0.1) is 35.7 Å². The van der Waals surface area contributed by atoms with Gasteiger partial charge in [-0.1, -0.05) is 151 Å². The van der Waals surface area contributed by atoms with Crippen LogP contribution in [0, 0.1) is 0 Å². The molecule has 0 spiro atoms. The molecule has 0 saturated heterocycles. The smallest absolute Gasteiger partial charge is 0.146 e. The summed E-state index contributed by atoms with van der Waals surface area (Å²) in [5.74, 6) is 0.0405. The van der Waals surface area contributed by atoms with Crippen LogP contribution in [0.4, 0.5) is 0 Å². The maximum absolute atomic E-state index is 9.51. The van der Waals surface area contributed by atoms with E-state index in [1.54, 1.807) is 48.5 Å². The fraction of sp³-hybridized carbons (Fsp3) is 0. The van der Waals surface area contributed by atoms with Gasteiger partial charge in [-0.2, -0.15) is 0 Å². The van der Waals surface area contributed by atoms with Crippen molar-refractivity contribution in [2.75, 3.05) is 0 Å². The Morgan fingerprint density at radius 1 is 0.447 bits per heavy atom. The lowest BCUT2D eigenvalue weighted by Gasteiger charge is -2.20. The number of benzene rings is 8. The lowest BCUT2D eigenvalue weighted by molar-refractivity contribution is 1.10. The first-order chi connectivity index (χ1) is 30.8. The first-order valence-corrected chi connectivity index (χ1v) is 14.6. The number of fused-ring (bicyclic) bond motifs is 3. The zero-order valence-corrected chi connectivity index (χ0v) is 24.3. The van der Waals surface area contributed by atoms with E-state index in [0.717, 1.165) is 0 Å². The first kappa shape index (κ1) is 14.5.